The molecule has 1 saturated carbocycles. The van der Waals surface area contributed by atoms with Crippen molar-refractivity contribution in [3.63, 3.8) is 0 Å². The smallest absolute Gasteiger partial charge is 0.226 e. The fourth-order valence-electron chi connectivity index (χ4n) is 3.78. The van der Waals surface area contributed by atoms with Crippen LogP contribution in [-0.2, 0) is 9.59 Å². The summed E-state index contributed by atoms with van der Waals surface area (Å²) in [6.45, 7) is 4.53. The highest BCUT2D eigenvalue weighted by Crippen LogP contribution is 2.32. The molecule has 2 unspecified atom stereocenters. The summed E-state index contributed by atoms with van der Waals surface area (Å²) in [5, 5.41) is 6.30. The Labute approximate surface area is 126 Å². The average Bonchev–Trinajstić information content (AvgIpc) is 2.99. The van der Waals surface area contributed by atoms with Crippen molar-refractivity contribution >= 4 is 11.8 Å². The number of nitrogens with one attached hydrogen (secondary N) is 2. The molecule has 2 aliphatic heterocycles. The quantitative estimate of drug-likeness (QED) is 0.804. The van der Waals surface area contributed by atoms with Crippen molar-refractivity contribution in [2.24, 2.45) is 17.8 Å². The van der Waals surface area contributed by atoms with E-state index >= 15 is 0 Å². The third kappa shape index (κ3) is 3.39. The van der Waals surface area contributed by atoms with Crippen molar-refractivity contribution in [1.29, 1.82) is 0 Å². The van der Waals surface area contributed by atoms with Crippen LogP contribution in [0.2, 0.25) is 0 Å². The fraction of sp³-hybridized carbons (Fsp3) is 0.875. The zero-order valence-electron chi connectivity index (χ0n) is 12.8. The Balaban J connectivity index is 1.57. The number of nitrogens with zero attached hydrogens (tertiary/aromatic N) is 1. The van der Waals surface area contributed by atoms with Crippen molar-refractivity contribution in [2.45, 2.75) is 38.5 Å². The van der Waals surface area contributed by atoms with Crippen molar-refractivity contribution in [2.75, 3.05) is 32.7 Å². The summed E-state index contributed by atoms with van der Waals surface area (Å²) in [5.41, 5.74) is 0. The first-order valence-corrected chi connectivity index (χ1v) is 8.53. The second kappa shape index (κ2) is 6.77. The molecule has 5 heteroatoms. The summed E-state index contributed by atoms with van der Waals surface area (Å²) in [5.74, 6) is 0.748. The molecule has 1 aliphatic carbocycles. The van der Waals surface area contributed by atoms with E-state index in [-0.39, 0.29) is 23.7 Å². The SMILES string of the molecule is O=C(NCC1CNC1)C1CCCCC1C(=O)N1CCCC1. The van der Waals surface area contributed by atoms with E-state index in [1.54, 1.807) is 0 Å². The Kier molecular flexibility index (Phi) is 4.78. The number of hydrogen-bond acceptors (Lipinski definition) is 3. The molecule has 3 fully saturated rings. The minimum atomic E-state index is -0.0973. The fourth-order valence-corrected chi connectivity index (χ4v) is 3.78. The number of amides is 2. The van der Waals surface area contributed by atoms with Gasteiger partial charge in [0.1, 0.15) is 0 Å². The van der Waals surface area contributed by atoms with Gasteiger partial charge in [0.15, 0.2) is 0 Å². The topological polar surface area (TPSA) is 61.4 Å². The highest BCUT2D eigenvalue weighted by atomic mass is 16.2. The Bertz CT molecular complexity index is 389. The van der Waals surface area contributed by atoms with Crippen LogP contribution in [0.1, 0.15) is 38.5 Å². The first kappa shape index (κ1) is 14.8. The van der Waals surface area contributed by atoms with E-state index < -0.39 is 0 Å². The minimum Gasteiger partial charge on any atom is -0.355 e. The van der Waals surface area contributed by atoms with Crippen molar-refractivity contribution in [3.05, 3.63) is 0 Å². The first-order chi connectivity index (χ1) is 10.3. The second-order valence-corrected chi connectivity index (χ2v) is 6.80. The van der Waals surface area contributed by atoms with Gasteiger partial charge in [-0.15, -0.1) is 0 Å². The van der Waals surface area contributed by atoms with Crippen LogP contribution in [0.5, 0.6) is 0 Å². The van der Waals surface area contributed by atoms with E-state index in [1.165, 1.54) is 0 Å². The summed E-state index contributed by atoms with van der Waals surface area (Å²) >= 11 is 0. The third-order valence-corrected chi connectivity index (χ3v) is 5.27. The lowest BCUT2D eigenvalue weighted by molar-refractivity contribution is -0.143. The molecule has 0 radical (unpaired) electrons. The predicted molar refractivity (Wildman–Crippen MR) is 80.6 cm³/mol. The van der Waals surface area contributed by atoms with E-state index in [9.17, 15) is 9.59 Å². The lowest BCUT2D eigenvalue weighted by Gasteiger charge is -2.33. The van der Waals surface area contributed by atoms with Gasteiger partial charge in [-0.2, -0.15) is 0 Å². The molecule has 2 atom stereocenters. The van der Waals surface area contributed by atoms with Gasteiger partial charge in [0, 0.05) is 50.5 Å². The Hall–Kier alpha value is -1.10. The van der Waals surface area contributed by atoms with Gasteiger partial charge in [0.25, 0.3) is 0 Å². The zero-order chi connectivity index (χ0) is 14.7. The summed E-state index contributed by atoms with van der Waals surface area (Å²) < 4.78 is 0. The monoisotopic (exact) mass is 293 g/mol. The van der Waals surface area contributed by atoms with E-state index in [0.29, 0.717) is 5.92 Å². The first-order valence-electron chi connectivity index (χ1n) is 8.53. The largest absolute Gasteiger partial charge is 0.355 e. The summed E-state index contributed by atoms with van der Waals surface area (Å²) in [6.07, 6.45) is 6.15. The van der Waals surface area contributed by atoms with Crippen LogP contribution in [0.3, 0.4) is 0 Å². The number of likely N-dealkylation sites (tertiary alicyclic amines) is 1. The van der Waals surface area contributed by atoms with Crippen LogP contribution in [0, 0.1) is 17.8 Å². The molecule has 0 aromatic rings. The maximum Gasteiger partial charge on any atom is 0.226 e. The molecule has 3 aliphatic rings. The van der Waals surface area contributed by atoms with Gasteiger partial charge in [-0.05, 0) is 25.7 Å². The molecular formula is C16H27N3O2. The van der Waals surface area contributed by atoms with Crippen molar-refractivity contribution in [3.8, 4) is 0 Å². The Morgan fingerprint density at radius 3 is 2.29 bits per heavy atom. The van der Waals surface area contributed by atoms with Gasteiger partial charge >= 0.3 is 0 Å². The second-order valence-electron chi connectivity index (χ2n) is 6.80. The standard InChI is InChI=1S/C16H27N3O2/c20-15(18-11-12-9-17-10-12)13-5-1-2-6-14(13)16(21)19-7-3-4-8-19/h12-14,17H,1-11H2,(H,18,20). The molecule has 5 nitrogen and oxygen atoms in total. The molecule has 0 bridgehead atoms. The van der Waals surface area contributed by atoms with Crippen LogP contribution in [0.25, 0.3) is 0 Å². The van der Waals surface area contributed by atoms with Crippen LogP contribution in [0.4, 0.5) is 0 Å². The van der Waals surface area contributed by atoms with Gasteiger partial charge in [-0.3, -0.25) is 9.59 Å². The lowest BCUT2D eigenvalue weighted by atomic mass is 9.77. The van der Waals surface area contributed by atoms with Gasteiger partial charge in [0.2, 0.25) is 11.8 Å². The average molecular weight is 293 g/mol. The maximum absolute atomic E-state index is 12.7. The molecular weight excluding hydrogens is 266 g/mol. The van der Waals surface area contributed by atoms with Gasteiger partial charge in [-0.25, -0.2) is 0 Å². The summed E-state index contributed by atoms with van der Waals surface area (Å²) in [4.78, 5) is 27.1. The van der Waals surface area contributed by atoms with Crippen LogP contribution < -0.4 is 10.6 Å². The molecule has 3 rings (SSSR count). The van der Waals surface area contributed by atoms with Crippen LogP contribution in [-0.4, -0.2) is 49.4 Å². The number of rotatable bonds is 4. The number of carbonyl (C=O) groups is 2. The highest BCUT2D eigenvalue weighted by Gasteiger charge is 2.38. The molecule has 21 heavy (non-hydrogen) atoms. The van der Waals surface area contributed by atoms with E-state index in [4.69, 9.17) is 0 Å². The van der Waals surface area contributed by atoms with E-state index in [1.807, 2.05) is 4.90 Å². The van der Waals surface area contributed by atoms with E-state index in [2.05, 4.69) is 10.6 Å². The molecule has 0 aromatic heterocycles. The van der Waals surface area contributed by atoms with Crippen LogP contribution in [0.15, 0.2) is 0 Å². The third-order valence-electron chi connectivity index (χ3n) is 5.27. The zero-order valence-corrected chi connectivity index (χ0v) is 12.8. The van der Waals surface area contributed by atoms with Gasteiger partial charge in [0.05, 0.1) is 0 Å². The maximum atomic E-state index is 12.7. The van der Waals surface area contributed by atoms with Crippen molar-refractivity contribution < 1.29 is 9.59 Å². The molecule has 118 valence electrons. The normalized spacial score (nSPS) is 30.0. The minimum absolute atomic E-state index is 0.0728. The van der Waals surface area contributed by atoms with Crippen molar-refractivity contribution in [1.82, 2.24) is 15.5 Å². The molecule has 0 aromatic carbocycles. The number of carbonyl (C=O) groups excluding carboxylic acids is 2. The Morgan fingerprint density at radius 1 is 1.00 bits per heavy atom. The molecule has 2 heterocycles. The van der Waals surface area contributed by atoms with Gasteiger partial charge in [-0.1, -0.05) is 12.8 Å². The number of hydrogen-bond donors (Lipinski definition) is 2. The molecule has 0 spiro atoms. The van der Waals surface area contributed by atoms with Crippen LogP contribution >= 0.6 is 0 Å². The molecule has 2 N–H and O–H groups in total. The molecule has 2 saturated heterocycles. The summed E-state index contributed by atoms with van der Waals surface area (Å²) in [7, 11) is 0. The summed E-state index contributed by atoms with van der Waals surface area (Å²) in [6, 6.07) is 0. The van der Waals surface area contributed by atoms with E-state index in [0.717, 1.165) is 71.2 Å². The predicted octanol–water partition coefficient (Wildman–Crippen LogP) is 0.751. The highest BCUT2D eigenvalue weighted by molar-refractivity contribution is 5.88. The van der Waals surface area contributed by atoms with Gasteiger partial charge < -0.3 is 15.5 Å². The Morgan fingerprint density at radius 2 is 1.67 bits per heavy atom. The molecule has 2 amide bonds. The lowest BCUT2D eigenvalue weighted by Crippen LogP contribution is -2.50.